The summed E-state index contributed by atoms with van der Waals surface area (Å²) in [5, 5.41) is 3.31. The molecule has 0 aromatic heterocycles. The van der Waals surface area contributed by atoms with Gasteiger partial charge in [-0.2, -0.15) is 0 Å². The van der Waals surface area contributed by atoms with Crippen molar-refractivity contribution in [3.63, 3.8) is 0 Å². The summed E-state index contributed by atoms with van der Waals surface area (Å²) in [4.78, 5) is 26.4. The normalized spacial score (nSPS) is 13.0. The Kier molecular flexibility index (Phi) is 5.36. The summed E-state index contributed by atoms with van der Waals surface area (Å²) >= 11 is 0. The van der Waals surface area contributed by atoms with Gasteiger partial charge in [-0.25, -0.2) is 4.90 Å². The standard InChI is InChI=1S/C23H28N2O2/c1-16(26)25(20-7-5-6-18-14-15-24-22(18)20)21(27)13-10-17-8-11-19(12-9-17)23(2,3)4/h5-9,11-12,24H,10,13-15H2,1-4H3. The maximum absolute atomic E-state index is 12.9. The van der Waals surface area contributed by atoms with Gasteiger partial charge in [0.2, 0.25) is 11.8 Å². The molecule has 0 radical (unpaired) electrons. The van der Waals surface area contributed by atoms with Crippen LogP contribution in [0.5, 0.6) is 0 Å². The largest absolute Gasteiger partial charge is 0.383 e. The molecular weight excluding hydrogens is 336 g/mol. The molecule has 2 aromatic carbocycles. The van der Waals surface area contributed by atoms with E-state index < -0.39 is 0 Å². The molecule has 27 heavy (non-hydrogen) atoms. The Hall–Kier alpha value is -2.62. The summed E-state index contributed by atoms with van der Waals surface area (Å²) in [6, 6.07) is 14.2. The number of nitrogens with zero attached hydrogens (tertiary/aromatic N) is 1. The first-order valence-electron chi connectivity index (χ1n) is 9.56. The summed E-state index contributed by atoms with van der Waals surface area (Å²) in [6.45, 7) is 8.84. The van der Waals surface area contributed by atoms with E-state index in [9.17, 15) is 9.59 Å². The minimum atomic E-state index is -0.245. The maximum Gasteiger partial charge on any atom is 0.234 e. The van der Waals surface area contributed by atoms with Gasteiger partial charge in [-0.3, -0.25) is 9.59 Å². The summed E-state index contributed by atoms with van der Waals surface area (Å²) in [7, 11) is 0. The third kappa shape index (κ3) is 4.21. The number of hydrogen-bond donors (Lipinski definition) is 1. The lowest BCUT2D eigenvalue weighted by atomic mass is 9.86. The second-order valence-corrected chi connectivity index (χ2v) is 8.18. The van der Waals surface area contributed by atoms with Crippen LogP contribution in [-0.2, 0) is 27.8 Å². The Balaban J connectivity index is 1.74. The van der Waals surface area contributed by atoms with Gasteiger partial charge < -0.3 is 5.32 Å². The Morgan fingerprint density at radius 1 is 1.07 bits per heavy atom. The van der Waals surface area contributed by atoms with E-state index in [0.717, 1.165) is 29.8 Å². The van der Waals surface area contributed by atoms with E-state index in [2.05, 4.69) is 50.4 Å². The molecule has 2 aromatic rings. The lowest BCUT2D eigenvalue weighted by Gasteiger charge is -2.22. The minimum Gasteiger partial charge on any atom is -0.383 e. The van der Waals surface area contributed by atoms with Crippen LogP contribution in [0.1, 0.15) is 50.8 Å². The Morgan fingerprint density at radius 3 is 2.41 bits per heavy atom. The molecule has 0 unspecified atom stereocenters. The number of fused-ring (bicyclic) bond motifs is 1. The number of aryl methyl sites for hydroxylation is 1. The number of benzene rings is 2. The predicted molar refractivity (Wildman–Crippen MR) is 110 cm³/mol. The lowest BCUT2D eigenvalue weighted by molar-refractivity contribution is -0.125. The van der Waals surface area contributed by atoms with Crippen LogP contribution in [0.15, 0.2) is 42.5 Å². The Bertz CT molecular complexity index is 848. The second-order valence-electron chi connectivity index (χ2n) is 8.18. The van der Waals surface area contributed by atoms with Crippen molar-refractivity contribution in [3.8, 4) is 0 Å². The molecular formula is C23H28N2O2. The number of anilines is 2. The number of hydrogen-bond acceptors (Lipinski definition) is 3. The molecule has 0 saturated carbocycles. The molecule has 0 fully saturated rings. The van der Waals surface area contributed by atoms with Crippen molar-refractivity contribution in [2.45, 2.75) is 52.4 Å². The summed E-state index contributed by atoms with van der Waals surface area (Å²) in [5.74, 6) is -0.408. The quantitative estimate of drug-likeness (QED) is 0.871. The van der Waals surface area contributed by atoms with Gasteiger partial charge in [0.15, 0.2) is 0 Å². The van der Waals surface area contributed by atoms with Crippen LogP contribution in [0.2, 0.25) is 0 Å². The van der Waals surface area contributed by atoms with E-state index in [1.165, 1.54) is 17.4 Å². The molecule has 0 bridgehead atoms. The van der Waals surface area contributed by atoms with Crippen molar-refractivity contribution in [2.24, 2.45) is 0 Å². The van der Waals surface area contributed by atoms with Gasteiger partial charge in [-0.05, 0) is 41.0 Å². The highest BCUT2D eigenvalue weighted by Gasteiger charge is 2.25. The highest BCUT2D eigenvalue weighted by molar-refractivity contribution is 6.16. The summed E-state index contributed by atoms with van der Waals surface area (Å²) in [6.07, 6.45) is 1.84. The number of nitrogens with one attached hydrogen (secondary N) is 1. The van der Waals surface area contributed by atoms with Crippen molar-refractivity contribution in [1.29, 1.82) is 0 Å². The molecule has 1 aliphatic rings. The zero-order valence-electron chi connectivity index (χ0n) is 16.6. The van der Waals surface area contributed by atoms with Gasteiger partial charge in [-0.1, -0.05) is 57.2 Å². The SMILES string of the molecule is CC(=O)N(C(=O)CCc1ccc(C(C)(C)C)cc1)c1cccc2c1NCC2. The molecule has 1 heterocycles. The van der Waals surface area contributed by atoms with Crippen molar-refractivity contribution < 1.29 is 9.59 Å². The van der Waals surface area contributed by atoms with Crippen LogP contribution < -0.4 is 10.2 Å². The third-order valence-corrected chi connectivity index (χ3v) is 5.08. The van der Waals surface area contributed by atoms with Crippen LogP contribution in [0.25, 0.3) is 0 Å². The zero-order chi connectivity index (χ0) is 19.6. The maximum atomic E-state index is 12.9. The number of para-hydroxylation sites is 1. The molecule has 0 aliphatic carbocycles. The molecule has 0 saturated heterocycles. The summed E-state index contributed by atoms with van der Waals surface area (Å²) < 4.78 is 0. The molecule has 1 aliphatic heterocycles. The Labute approximate surface area is 161 Å². The molecule has 0 spiro atoms. The highest BCUT2D eigenvalue weighted by atomic mass is 16.2. The fourth-order valence-electron chi connectivity index (χ4n) is 3.52. The van der Waals surface area contributed by atoms with Crippen molar-refractivity contribution in [2.75, 3.05) is 16.8 Å². The second kappa shape index (κ2) is 7.55. The number of imide groups is 1. The van der Waals surface area contributed by atoms with Gasteiger partial charge in [0.25, 0.3) is 0 Å². The fourth-order valence-corrected chi connectivity index (χ4v) is 3.52. The van der Waals surface area contributed by atoms with Gasteiger partial charge in [-0.15, -0.1) is 0 Å². The van der Waals surface area contributed by atoms with E-state index in [0.29, 0.717) is 18.5 Å². The molecule has 3 rings (SSSR count). The van der Waals surface area contributed by atoms with Crippen molar-refractivity contribution in [1.82, 2.24) is 0 Å². The van der Waals surface area contributed by atoms with E-state index in [-0.39, 0.29) is 17.2 Å². The number of amides is 2. The van der Waals surface area contributed by atoms with Crippen LogP contribution >= 0.6 is 0 Å². The molecule has 0 atom stereocenters. The van der Waals surface area contributed by atoms with Crippen LogP contribution in [0.3, 0.4) is 0 Å². The van der Waals surface area contributed by atoms with Gasteiger partial charge >= 0.3 is 0 Å². The fraction of sp³-hybridized carbons (Fsp3) is 0.391. The number of carbonyl (C=O) groups excluding carboxylic acids is 2. The highest BCUT2D eigenvalue weighted by Crippen LogP contribution is 2.34. The van der Waals surface area contributed by atoms with E-state index in [1.54, 1.807) is 0 Å². The van der Waals surface area contributed by atoms with Crippen LogP contribution in [0, 0.1) is 0 Å². The van der Waals surface area contributed by atoms with Gasteiger partial charge in [0, 0.05) is 19.9 Å². The van der Waals surface area contributed by atoms with E-state index >= 15 is 0 Å². The first-order valence-corrected chi connectivity index (χ1v) is 9.56. The number of rotatable bonds is 4. The van der Waals surface area contributed by atoms with Crippen LogP contribution in [0.4, 0.5) is 11.4 Å². The molecule has 2 amide bonds. The topological polar surface area (TPSA) is 49.4 Å². The predicted octanol–water partition coefficient (Wildman–Crippen LogP) is 4.46. The average Bonchev–Trinajstić information content (AvgIpc) is 3.09. The molecule has 4 heteroatoms. The van der Waals surface area contributed by atoms with Gasteiger partial charge in [0.05, 0.1) is 11.4 Å². The minimum absolute atomic E-state index is 0.112. The monoisotopic (exact) mass is 364 g/mol. The lowest BCUT2D eigenvalue weighted by Crippen LogP contribution is -2.35. The smallest absolute Gasteiger partial charge is 0.234 e. The average molecular weight is 364 g/mol. The zero-order valence-corrected chi connectivity index (χ0v) is 16.6. The van der Waals surface area contributed by atoms with E-state index in [4.69, 9.17) is 0 Å². The summed E-state index contributed by atoms with van der Waals surface area (Å²) in [5.41, 5.74) is 5.23. The molecule has 4 nitrogen and oxygen atoms in total. The molecule has 1 N–H and O–H groups in total. The van der Waals surface area contributed by atoms with Crippen LogP contribution in [-0.4, -0.2) is 18.4 Å². The third-order valence-electron chi connectivity index (χ3n) is 5.08. The van der Waals surface area contributed by atoms with E-state index in [1.807, 2.05) is 18.2 Å². The first-order chi connectivity index (χ1) is 12.8. The Morgan fingerprint density at radius 2 is 1.78 bits per heavy atom. The molecule has 142 valence electrons. The van der Waals surface area contributed by atoms with Crippen molar-refractivity contribution >= 4 is 23.2 Å². The number of carbonyl (C=O) groups is 2. The van der Waals surface area contributed by atoms with Crippen molar-refractivity contribution in [3.05, 3.63) is 59.2 Å². The van der Waals surface area contributed by atoms with Gasteiger partial charge in [0.1, 0.15) is 0 Å². The first kappa shape index (κ1) is 19.2.